The van der Waals surface area contributed by atoms with Gasteiger partial charge in [-0.25, -0.2) is 0 Å². The molecule has 2 N–H and O–H groups in total. The Morgan fingerprint density at radius 1 is 1.44 bits per heavy atom. The average Bonchev–Trinajstić information content (AvgIpc) is 2.34. The van der Waals surface area contributed by atoms with E-state index in [1.807, 2.05) is 18.2 Å². The topological polar surface area (TPSA) is 52.6 Å². The lowest BCUT2D eigenvalue weighted by Gasteiger charge is -2.40. The van der Waals surface area contributed by atoms with Crippen LogP contribution in [0, 0.1) is 0 Å². The van der Waals surface area contributed by atoms with E-state index in [1.54, 1.807) is 0 Å². The summed E-state index contributed by atoms with van der Waals surface area (Å²) in [6.07, 6.45) is 0.195. The Hall–Kier alpha value is -1.39. The second kappa shape index (κ2) is 5.98. The maximum Gasteiger partial charge on any atom is 0.304 e. The minimum Gasteiger partial charge on any atom is -0.481 e. The number of benzene rings is 1. The maximum absolute atomic E-state index is 11.0. The van der Waals surface area contributed by atoms with Crippen molar-refractivity contribution in [3.63, 3.8) is 0 Å². The number of nitrogens with zero attached hydrogens (tertiary/aromatic N) is 1. The summed E-state index contributed by atoms with van der Waals surface area (Å²) in [7, 11) is 0. The smallest absolute Gasteiger partial charge is 0.304 e. The lowest BCUT2D eigenvalue weighted by molar-refractivity contribution is -0.139. The van der Waals surface area contributed by atoms with Gasteiger partial charge in [-0.1, -0.05) is 30.3 Å². The number of nitrogens with one attached hydrogen (secondary N) is 1. The highest BCUT2D eigenvalue weighted by atomic mass is 16.4. The zero-order valence-electron chi connectivity index (χ0n) is 10.7. The molecule has 1 saturated heterocycles. The molecule has 0 aromatic heterocycles. The predicted molar refractivity (Wildman–Crippen MR) is 70.4 cm³/mol. The van der Waals surface area contributed by atoms with E-state index in [0.29, 0.717) is 0 Å². The zero-order chi connectivity index (χ0) is 13.0. The van der Waals surface area contributed by atoms with Crippen LogP contribution in [0.25, 0.3) is 0 Å². The summed E-state index contributed by atoms with van der Waals surface area (Å²) in [6, 6.07) is 10.5. The lowest BCUT2D eigenvalue weighted by Crippen LogP contribution is -2.56. The number of carboxylic acids is 1. The molecule has 0 spiro atoms. The highest BCUT2D eigenvalue weighted by Gasteiger charge is 2.29. The molecule has 18 heavy (non-hydrogen) atoms. The van der Waals surface area contributed by atoms with Crippen LogP contribution in [-0.4, -0.2) is 41.1 Å². The Labute approximate surface area is 108 Å². The number of aliphatic carboxylic acids is 1. The van der Waals surface area contributed by atoms with E-state index >= 15 is 0 Å². The number of hydrogen-bond acceptors (Lipinski definition) is 3. The van der Waals surface area contributed by atoms with Gasteiger partial charge in [-0.3, -0.25) is 9.69 Å². The van der Waals surface area contributed by atoms with Gasteiger partial charge in [0.1, 0.15) is 0 Å². The number of hydrogen-bond donors (Lipinski definition) is 2. The van der Waals surface area contributed by atoms with Crippen molar-refractivity contribution in [3.8, 4) is 0 Å². The lowest BCUT2D eigenvalue weighted by atomic mass is 10.0. The Kier molecular flexibility index (Phi) is 4.33. The predicted octanol–water partition coefficient (Wildman–Crippen LogP) is 1.32. The molecule has 0 amide bonds. The third-order valence-electron chi connectivity index (χ3n) is 3.52. The Balaban J connectivity index is 2.06. The molecule has 1 aliphatic rings. The van der Waals surface area contributed by atoms with Crippen LogP contribution in [0.15, 0.2) is 30.3 Å². The normalized spacial score (nSPS) is 24.9. The SMILES string of the molecule is C[C@H]1NCCN(Cc2ccccc2)[C@@H]1CC(=O)O. The van der Waals surface area contributed by atoms with Crippen molar-refractivity contribution in [1.29, 1.82) is 0 Å². The highest BCUT2D eigenvalue weighted by Crippen LogP contribution is 2.16. The molecule has 0 unspecified atom stereocenters. The van der Waals surface area contributed by atoms with E-state index < -0.39 is 5.97 Å². The average molecular weight is 248 g/mol. The molecule has 1 aromatic carbocycles. The van der Waals surface area contributed by atoms with Gasteiger partial charge in [-0.15, -0.1) is 0 Å². The van der Waals surface area contributed by atoms with E-state index in [4.69, 9.17) is 5.11 Å². The van der Waals surface area contributed by atoms with Crippen molar-refractivity contribution in [3.05, 3.63) is 35.9 Å². The first-order valence-electron chi connectivity index (χ1n) is 6.40. The fourth-order valence-corrected chi connectivity index (χ4v) is 2.55. The van der Waals surface area contributed by atoms with Gasteiger partial charge in [0.05, 0.1) is 6.42 Å². The zero-order valence-corrected chi connectivity index (χ0v) is 10.7. The maximum atomic E-state index is 11.0. The van der Waals surface area contributed by atoms with Crippen LogP contribution in [-0.2, 0) is 11.3 Å². The van der Waals surface area contributed by atoms with Crippen molar-refractivity contribution in [2.45, 2.75) is 32.0 Å². The summed E-state index contributed by atoms with van der Waals surface area (Å²) in [4.78, 5) is 13.2. The van der Waals surface area contributed by atoms with Crippen molar-refractivity contribution < 1.29 is 9.90 Å². The van der Waals surface area contributed by atoms with E-state index in [-0.39, 0.29) is 18.5 Å². The molecule has 98 valence electrons. The molecule has 1 aromatic rings. The highest BCUT2D eigenvalue weighted by molar-refractivity contribution is 5.67. The van der Waals surface area contributed by atoms with Gasteiger partial charge in [-0.2, -0.15) is 0 Å². The second-order valence-electron chi connectivity index (χ2n) is 4.86. The summed E-state index contributed by atoms with van der Waals surface area (Å²) in [5, 5.41) is 12.4. The summed E-state index contributed by atoms with van der Waals surface area (Å²) >= 11 is 0. The number of carboxylic acid groups (broad SMARTS) is 1. The van der Waals surface area contributed by atoms with Crippen LogP contribution >= 0.6 is 0 Å². The molecule has 0 bridgehead atoms. The standard InChI is InChI=1S/C14H20N2O2/c1-11-13(9-14(17)18)16(8-7-15-11)10-12-5-3-2-4-6-12/h2-6,11,13,15H,7-10H2,1H3,(H,17,18)/t11-,13-/m1/s1. The van der Waals surface area contributed by atoms with Crippen LogP contribution in [0.2, 0.25) is 0 Å². The first-order chi connectivity index (χ1) is 8.66. The van der Waals surface area contributed by atoms with Gasteiger partial charge in [0.25, 0.3) is 0 Å². The Bertz CT molecular complexity index is 394. The monoisotopic (exact) mass is 248 g/mol. The summed E-state index contributed by atoms with van der Waals surface area (Å²) in [5.41, 5.74) is 1.24. The molecule has 2 atom stereocenters. The number of piperazine rings is 1. The summed E-state index contributed by atoms with van der Waals surface area (Å²) < 4.78 is 0. The van der Waals surface area contributed by atoms with Gasteiger partial charge in [0.2, 0.25) is 0 Å². The summed E-state index contributed by atoms with van der Waals surface area (Å²) in [6.45, 7) is 4.71. The fraction of sp³-hybridized carbons (Fsp3) is 0.500. The molecule has 4 heteroatoms. The van der Waals surface area contributed by atoms with Crippen LogP contribution in [0.5, 0.6) is 0 Å². The van der Waals surface area contributed by atoms with Crippen LogP contribution in [0.4, 0.5) is 0 Å². The third-order valence-corrected chi connectivity index (χ3v) is 3.52. The second-order valence-corrected chi connectivity index (χ2v) is 4.86. The largest absolute Gasteiger partial charge is 0.481 e. The molecule has 0 aliphatic carbocycles. The minimum atomic E-state index is -0.728. The quantitative estimate of drug-likeness (QED) is 0.844. The van der Waals surface area contributed by atoms with Crippen molar-refractivity contribution in [2.75, 3.05) is 13.1 Å². The molecular weight excluding hydrogens is 228 g/mol. The molecular formula is C14H20N2O2. The van der Waals surface area contributed by atoms with Gasteiger partial charge in [0.15, 0.2) is 0 Å². The molecule has 1 fully saturated rings. The molecule has 0 radical (unpaired) electrons. The first-order valence-corrected chi connectivity index (χ1v) is 6.40. The van der Waals surface area contributed by atoms with Gasteiger partial charge >= 0.3 is 5.97 Å². The third kappa shape index (κ3) is 3.31. The molecule has 0 saturated carbocycles. The Morgan fingerprint density at radius 3 is 2.83 bits per heavy atom. The van der Waals surface area contributed by atoms with E-state index in [2.05, 4.69) is 29.3 Å². The van der Waals surface area contributed by atoms with Gasteiger partial charge < -0.3 is 10.4 Å². The fourth-order valence-electron chi connectivity index (χ4n) is 2.55. The Morgan fingerprint density at radius 2 is 2.17 bits per heavy atom. The number of rotatable bonds is 4. The van der Waals surface area contributed by atoms with Crippen LogP contribution in [0.3, 0.4) is 0 Å². The van der Waals surface area contributed by atoms with Crippen molar-refractivity contribution in [2.24, 2.45) is 0 Å². The minimum absolute atomic E-state index is 0.0662. The summed E-state index contributed by atoms with van der Waals surface area (Å²) in [5.74, 6) is -0.728. The van der Waals surface area contributed by atoms with Crippen LogP contribution in [0.1, 0.15) is 18.9 Å². The van der Waals surface area contributed by atoms with E-state index in [1.165, 1.54) is 5.56 Å². The van der Waals surface area contributed by atoms with Gasteiger partial charge in [0, 0.05) is 31.7 Å². The number of carbonyl (C=O) groups is 1. The molecule has 4 nitrogen and oxygen atoms in total. The van der Waals surface area contributed by atoms with Gasteiger partial charge in [-0.05, 0) is 12.5 Å². The first kappa shape index (κ1) is 13.1. The van der Waals surface area contributed by atoms with Crippen LogP contribution < -0.4 is 5.32 Å². The van der Waals surface area contributed by atoms with Crippen molar-refractivity contribution >= 4 is 5.97 Å². The van der Waals surface area contributed by atoms with E-state index in [0.717, 1.165) is 19.6 Å². The van der Waals surface area contributed by atoms with E-state index in [9.17, 15) is 4.79 Å². The van der Waals surface area contributed by atoms with Crippen molar-refractivity contribution in [1.82, 2.24) is 10.2 Å². The molecule has 1 aliphatic heterocycles. The molecule has 1 heterocycles. The molecule has 2 rings (SSSR count).